The van der Waals surface area contributed by atoms with E-state index in [0.29, 0.717) is 12.0 Å². The van der Waals surface area contributed by atoms with Crippen LogP contribution in [0.1, 0.15) is 30.9 Å². The van der Waals surface area contributed by atoms with E-state index in [1.54, 1.807) is 0 Å². The first-order chi connectivity index (χ1) is 7.43. The first-order valence-corrected chi connectivity index (χ1v) is 5.65. The highest BCUT2D eigenvalue weighted by atomic mass is 15.5. The molecular formula is C12H15N3. The van der Waals surface area contributed by atoms with Gasteiger partial charge >= 0.3 is 0 Å². The van der Waals surface area contributed by atoms with Crippen molar-refractivity contribution < 1.29 is 0 Å². The topological polar surface area (TPSA) is 28.5 Å². The van der Waals surface area contributed by atoms with E-state index in [4.69, 9.17) is 0 Å². The van der Waals surface area contributed by atoms with Gasteiger partial charge in [0.2, 0.25) is 0 Å². The SMILES string of the molecule is C1=NN(C2CCC2)CC1c1ccccn1. The lowest BCUT2D eigenvalue weighted by atomic mass is 9.92. The number of nitrogens with zero attached hydrogens (tertiary/aromatic N) is 3. The zero-order valence-corrected chi connectivity index (χ0v) is 8.71. The van der Waals surface area contributed by atoms with Crippen molar-refractivity contribution in [2.24, 2.45) is 5.10 Å². The van der Waals surface area contributed by atoms with Crippen LogP contribution in [0.3, 0.4) is 0 Å². The van der Waals surface area contributed by atoms with Crippen LogP contribution in [0.5, 0.6) is 0 Å². The summed E-state index contributed by atoms with van der Waals surface area (Å²) in [5.41, 5.74) is 1.14. The number of hydrogen-bond acceptors (Lipinski definition) is 3. The fourth-order valence-electron chi connectivity index (χ4n) is 2.16. The van der Waals surface area contributed by atoms with Crippen molar-refractivity contribution in [1.29, 1.82) is 0 Å². The molecule has 1 atom stereocenters. The third kappa shape index (κ3) is 1.62. The van der Waals surface area contributed by atoms with E-state index in [0.717, 1.165) is 12.2 Å². The van der Waals surface area contributed by atoms with Crippen LogP contribution in [0.15, 0.2) is 29.5 Å². The van der Waals surface area contributed by atoms with Crippen LogP contribution in [0.2, 0.25) is 0 Å². The Balaban J connectivity index is 1.69. The minimum absolute atomic E-state index is 0.395. The third-order valence-corrected chi connectivity index (χ3v) is 3.34. The molecule has 1 unspecified atom stereocenters. The summed E-state index contributed by atoms with van der Waals surface area (Å²) < 4.78 is 0. The average Bonchev–Trinajstić information content (AvgIpc) is 2.66. The molecule has 2 heterocycles. The molecule has 3 nitrogen and oxygen atoms in total. The third-order valence-electron chi connectivity index (χ3n) is 3.34. The second-order valence-electron chi connectivity index (χ2n) is 4.33. The smallest absolute Gasteiger partial charge is 0.0576 e. The molecule has 1 fully saturated rings. The second-order valence-corrected chi connectivity index (χ2v) is 4.33. The summed E-state index contributed by atoms with van der Waals surface area (Å²) in [7, 11) is 0. The van der Waals surface area contributed by atoms with Crippen molar-refractivity contribution in [2.75, 3.05) is 6.54 Å². The molecule has 3 rings (SSSR count). The molecule has 78 valence electrons. The first kappa shape index (κ1) is 8.89. The lowest BCUT2D eigenvalue weighted by Gasteiger charge is -2.33. The highest BCUT2D eigenvalue weighted by molar-refractivity contribution is 5.68. The van der Waals surface area contributed by atoms with Gasteiger partial charge in [-0.05, 0) is 31.4 Å². The quantitative estimate of drug-likeness (QED) is 0.732. The van der Waals surface area contributed by atoms with Crippen LogP contribution in [-0.2, 0) is 0 Å². The zero-order valence-electron chi connectivity index (χ0n) is 8.71. The molecule has 0 N–H and O–H groups in total. The molecule has 0 amide bonds. The maximum atomic E-state index is 4.48. The van der Waals surface area contributed by atoms with Gasteiger partial charge in [-0.25, -0.2) is 0 Å². The number of hydrogen-bond donors (Lipinski definition) is 0. The van der Waals surface area contributed by atoms with Gasteiger partial charge in [-0.3, -0.25) is 9.99 Å². The van der Waals surface area contributed by atoms with Crippen LogP contribution < -0.4 is 0 Å². The lowest BCUT2D eigenvalue weighted by molar-refractivity contribution is 0.143. The summed E-state index contributed by atoms with van der Waals surface area (Å²) in [6, 6.07) is 6.79. The molecule has 1 aliphatic heterocycles. The van der Waals surface area contributed by atoms with Gasteiger partial charge in [0, 0.05) is 25.0 Å². The summed E-state index contributed by atoms with van der Waals surface area (Å²) in [6.07, 6.45) is 7.89. The van der Waals surface area contributed by atoms with E-state index < -0.39 is 0 Å². The number of rotatable bonds is 2. The van der Waals surface area contributed by atoms with Crippen molar-refractivity contribution >= 4 is 6.21 Å². The van der Waals surface area contributed by atoms with Gasteiger partial charge in [0.05, 0.1) is 11.6 Å². The summed E-state index contributed by atoms with van der Waals surface area (Å²) in [4.78, 5) is 4.38. The maximum Gasteiger partial charge on any atom is 0.0576 e. The molecule has 1 aromatic rings. The van der Waals surface area contributed by atoms with Crippen molar-refractivity contribution in [1.82, 2.24) is 9.99 Å². The molecular weight excluding hydrogens is 186 g/mol. The van der Waals surface area contributed by atoms with E-state index >= 15 is 0 Å². The van der Waals surface area contributed by atoms with Crippen LogP contribution >= 0.6 is 0 Å². The van der Waals surface area contributed by atoms with Crippen LogP contribution in [0.25, 0.3) is 0 Å². The largest absolute Gasteiger partial charge is 0.293 e. The Bertz CT molecular complexity index is 356. The van der Waals surface area contributed by atoms with Gasteiger partial charge in [0.15, 0.2) is 0 Å². The minimum atomic E-state index is 0.395. The minimum Gasteiger partial charge on any atom is -0.293 e. The molecule has 0 radical (unpaired) electrons. The fourth-order valence-corrected chi connectivity index (χ4v) is 2.16. The van der Waals surface area contributed by atoms with Crippen LogP contribution in [0.4, 0.5) is 0 Å². The molecule has 1 aliphatic carbocycles. The monoisotopic (exact) mass is 201 g/mol. The second kappa shape index (κ2) is 3.65. The van der Waals surface area contributed by atoms with E-state index in [1.807, 2.05) is 24.5 Å². The van der Waals surface area contributed by atoms with Gasteiger partial charge in [0.1, 0.15) is 0 Å². The molecule has 0 spiro atoms. The Morgan fingerprint density at radius 3 is 2.87 bits per heavy atom. The molecule has 15 heavy (non-hydrogen) atoms. The van der Waals surface area contributed by atoms with Crippen LogP contribution in [0, 0.1) is 0 Å². The normalized spacial score (nSPS) is 25.6. The van der Waals surface area contributed by atoms with Gasteiger partial charge in [-0.2, -0.15) is 5.10 Å². The number of pyridine rings is 1. The Morgan fingerprint density at radius 2 is 2.20 bits per heavy atom. The van der Waals surface area contributed by atoms with Gasteiger partial charge in [-0.1, -0.05) is 6.07 Å². The van der Waals surface area contributed by atoms with Crippen molar-refractivity contribution in [3.8, 4) is 0 Å². The average molecular weight is 201 g/mol. The highest BCUT2D eigenvalue weighted by Crippen LogP contribution is 2.29. The Labute approximate surface area is 89.8 Å². The maximum absolute atomic E-state index is 4.48. The zero-order chi connectivity index (χ0) is 10.1. The number of hydrazone groups is 1. The van der Waals surface area contributed by atoms with E-state index in [9.17, 15) is 0 Å². The van der Waals surface area contributed by atoms with Gasteiger partial charge in [0.25, 0.3) is 0 Å². The van der Waals surface area contributed by atoms with Crippen molar-refractivity contribution in [3.63, 3.8) is 0 Å². The van der Waals surface area contributed by atoms with E-state index in [2.05, 4.69) is 21.2 Å². The van der Waals surface area contributed by atoms with Crippen molar-refractivity contribution in [2.45, 2.75) is 31.2 Å². The summed E-state index contributed by atoms with van der Waals surface area (Å²) >= 11 is 0. The predicted molar refractivity (Wildman–Crippen MR) is 59.8 cm³/mol. The number of aromatic nitrogens is 1. The van der Waals surface area contributed by atoms with Gasteiger partial charge < -0.3 is 0 Å². The summed E-state index contributed by atoms with van der Waals surface area (Å²) in [5.74, 6) is 0.395. The predicted octanol–water partition coefficient (Wildman–Crippen LogP) is 2.02. The Kier molecular flexibility index (Phi) is 2.16. The van der Waals surface area contributed by atoms with Gasteiger partial charge in [-0.15, -0.1) is 0 Å². The Morgan fingerprint density at radius 1 is 1.27 bits per heavy atom. The molecule has 3 heteroatoms. The van der Waals surface area contributed by atoms with Crippen molar-refractivity contribution in [3.05, 3.63) is 30.1 Å². The first-order valence-electron chi connectivity index (χ1n) is 5.65. The highest BCUT2D eigenvalue weighted by Gasteiger charge is 2.29. The standard InChI is InChI=1S/C12H15N3/c1-2-7-13-12(6-1)10-8-14-15(9-10)11-4-3-5-11/h1-2,6-8,10-11H,3-5,9H2. The Hall–Kier alpha value is -1.38. The fraction of sp³-hybridized carbons (Fsp3) is 0.500. The summed E-state index contributed by atoms with van der Waals surface area (Å²) in [5, 5.41) is 6.72. The van der Waals surface area contributed by atoms with E-state index in [1.165, 1.54) is 19.3 Å². The van der Waals surface area contributed by atoms with E-state index in [-0.39, 0.29) is 0 Å². The van der Waals surface area contributed by atoms with Crippen LogP contribution in [-0.4, -0.2) is 28.8 Å². The summed E-state index contributed by atoms with van der Waals surface area (Å²) in [6.45, 7) is 1.02. The molecule has 1 aromatic heterocycles. The molecule has 0 aromatic carbocycles. The lowest BCUT2D eigenvalue weighted by Crippen LogP contribution is -2.35. The molecule has 1 saturated carbocycles. The molecule has 0 saturated heterocycles. The molecule has 0 bridgehead atoms. The molecule has 2 aliphatic rings.